The van der Waals surface area contributed by atoms with Crippen molar-refractivity contribution in [2.24, 2.45) is 5.92 Å². The van der Waals surface area contributed by atoms with Crippen LogP contribution in [0.15, 0.2) is 24.4 Å². The van der Waals surface area contributed by atoms with Crippen LogP contribution in [0.3, 0.4) is 0 Å². The van der Waals surface area contributed by atoms with Gasteiger partial charge >= 0.3 is 0 Å². The molecule has 128 valence electrons. The van der Waals surface area contributed by atoms with Crippen molar-refractivity contribution < 1.29 is 9.53 Å². The van der Waals surface area contributed by atoms with Crippen molar-refractivity contribution in [3.63, 3.8) is 0 Å². The Morgan fingerprint density at radius 2 is 2.12 bits per heavy atom. The first-order valence-electron chi connectivity index (χ1n) is 8.71. The van der Waals surface area contributed by atoms with Gasteiger partial charge in [0.15, 0.2) is 0 Å². The third kappa shape index (κ3) is 2.22. The van der Waals surface area contributed by atoms with E-state index in [0.717, 1.165) is 17.6 Å². The summed E-state index contributed by atoms with van der Waals surface area (Å²) in [6.45, 7) is 8.73. The predicted molar refractivity (Wildman–Crippen MR) is 94.9 cm³/mol. The molecule has 2 aliphatic rings. The maximum absolute atomic E-state index is 13.4. The molecular formula is C19H25N3O2. The molecule has 0 bridgehead atoms. The van der Waals surface area contributed by atoms with Crippen LogP contribution in [0.25, 0.3) is 10.9 Å². The van der Waals surface area contributed by atoms with E-state index in [1.807, 2.05) is 24.8 Å². The van der Waals surface area contributed by atoms with Gasteiger partial charge in [-0.3, -0.25) is 4.79 Å². The highest BCUT2D eigenvalue weighted by molar-refractivity contribution is 5.97. The molecule has 2 unspecified atom stereocenters. The van der Waals surface area contributed by atoms with Crippen molar-refractivity contribution in [1.29, 1.82) is 0 Å². The lowest BCUT2D eigenvalue weighted by Gasteiger charge is -2.37. The van der Waals surface area contributed by atoms with Gasteiger partial charge in [0.25, 0.3) is 0 Å². The molecule has 4 rings (SSSR count). The van der Waals surface area contributed by atoms with Crippen molar-refractivity contribution >= 4 is 22.5 Å². The predicted octanol–water partition coefficient (Wildman–Crippen LogP) is 3.12. The maximum Gasteiger partial charge on any atom is 0.247 e. The lowest BCUT2D eigenvalue weighted by atomic mass is 10.00. The Hall–Kier alpha value is -2.01. The van der Waals surface area contributed by atoms with Crippen LogP contribution in [0, 0.1) is 5.92 Å². The number of amides is 1. The number of nitrogens with one attached hydrogen (secondary N) is 2. The van der Waals surface area contributed by atoms with Gasteiger partial charge in [-0.2, -0.15) is 0 Å². The fraction of sp³-hybridized carbons (Fsp3) is 0.526. The fourth-order valence-electron chi connectivity index (χ4n) is 4.10. The van der Waals surface area contributed by atoms with Crippen LogP contribution in [0.2, 0.25) is 0 Å². The number of fused-ring (bicyclic) bond motifs is 1. The summed E-state index contributed by atoms with van der Waals surface area (Å²) in [5.41, 5.74) is 2.82. The molecule has 2 atom stereocenters. The molecule has 0 radical (unpaired) electrons. The topological polar surface area (TPSA) is 57.4 Å². The normalized spacial score (nSPS) is 26.0. The highest BCUT2D eigenvalue weighted by Gasteiger charge is 2.46. The van der Waals surface area contributed by atoms with Crippen LogP contribution in [-0.4, -0.2) is 40.2 Å². The molecule has 3 heterocycles. The van der Waals surface area contributed by atoms with E-state index < -0.39 is 5.72 Å². The summed E-state index contributed by atoms with van der Waals surface area (Å²) >= 11 is 0. The van der Waals surface area contributed by atoms with Gasteiger partial charge in [-0.15, -0.1) is 0 Å². The lowest BCUT2D eigenvalue weighted by Crippen LogP contribution is -2.55. The van der Waals surface area contributed by atoms with Gasteiger partial charge in [0.1, 0.15) is 11.8 Å². The van der Waals surface area contributed by atoms with E-state index in [2.05, 4.69) is 42.5 Å². The molecule has 0 aliphatic carbocycles. The first-order valence-corrected chi connectivity index (χ1v) is 8.71. The van der Waals surface area contributed by atoms with Gasteiger partial charge in [0.05, 0.1) is 12.6 Å². The summed E-state index contributed by atoms with van der Waals surface area (Å²) in [6, 6.07) is 5.99. The number of hydrogen-bond donors (Lipinski definition) is 2. The minimum atomic E-state index is -0.567. The molecule has 1 fully saturated rings. The molecule has 1 amide bonds. The summed E-state index contributed by atoms with van der Waals surface area (Å²) in [5.74, 6) is 0.314. The van der Waals surface area contributed by atoms with E-state index in [9.17, 15) is 4.79 Å². The second-order valence-corrected chi connectivity index (χ2v) is 7.73. The van der Waals surface area contributed by atoms with E-state index >= 15 is 0 Å². The molecule has 5 nitrogen and oxygen atoms in total. The third-order valence-electron chi connectivity index (χ3n) is 5.30. The summed E-state index contributed by atoms with van der Waals surface area (Å²) in [4.78, 5) is 18.7. The zero-order valence-corrected chi connectivity index (χ0v) is 14.7. The quantitative estimate of drug-likeness (QED) is 0.846. The Labute approximate surface area is 142 Å². The number of aromatic amines is 1. The number of rotatable bonds is 1. The molecule has 24 heavy (non-hydrogen) atoms. The van der Waals surface area contributed by atoms with Crippen molar-refractivity contribution in [3.05, 3.63) is 30.0 Å². The van der Waals surface area contributed by atoms with Crippen LogP contribution in [0.4, 0.5) is 5.69 Å². The summed E-state index contributed by atoms with van der Waals surface area (Å²) in [6.07, 6.45) is 2.87. The average Bonchev–Trinajstić information content (AvgIpc) is 3.06. The highest BCUT2D eigenvalue weighted by Crippen LogP contribution is 2.36. The molecule has 2 N–H and O–H groups in total. The number of anilines is 1. The van der Waals surface area contributed by atoms with E-state index in [4.69, 9.17) is 4.74 Å². The summed E-state index contributed by atoms with van der Waals surface area (Å²) in [7, 11) is 0. The van der Waals surface area contributed by atoms with Crippen LogP contribution in [0.1, 0.15) is 33.3 Å². The van der Waals surface area contributed by atoms with Crippen LogP contribution >= 0.6 is 0 Å². The molecule has 2 aliphatic heterocycles. The van der Waals surface area contributed by atoms with Gasteiger partial charge in [0.2, 0.25) is 5.91 Å². The van der Waals surface area contributed by atoms with Crippen molar-refractivity contribution in [3.8, 4) is 0 Å². The van der Waals surface area contributed by atoms with Gasteiger partial charge in [-0.25, -0.2) is 0 Å². The molecule has 5 heteroatoms. The van der Waals surface area contributed by atoms with Gasteiger partial charge in [-0.05, 0) is 43.9 Å². The Balaban J connectivity index is 1.89. The van der Waals surface area contributed by atoms with E-state index in [1.165, 1.54) is 10.9 Å². The van der Waals surface area contributed by atoms with Crippen LogP contribution < -0.4 is 5.32 Å². The summed E-state index contributed by atoms with van der Waals surface area (Å²) in [5, 5.41) is 4.72. The number of ether oxygens (including phenoxy) is 1. The first-order chi connectivity index (χ1) is 11.4. The largest absolute Gasteiger partial charge is 0.373 e. The highest BCUT2D eigenvalue weighted by atomic mass is 16.5. The van der Waals surface area contributed by atoms with Crippen molar-refractivity contribution in [2.45, 2.75) is 51.9 Å². The van der Waals surface area contributed by atoms with Crippen molar-refractivity contribution in [1.82, 2.24) is 9.88 Å². The number of H-pyrrole nitrogens is 1. The Morgan fingerprint density at radius 1 is 1.33 bits per heavy atom. The zero-order valence-electron chi connectivity index (χ0n) is 14.7. The fourth-order valence-corrected chi connectivity index (χ4v) is 4.10. The molecular weight excluding hydrogens is 302 g/mol. The number of nitrogens with zero attached hydrogens (tertiary/aromatic N) is 1. The molecule has 0 spiro atoms. The van der Waals surface area contributed by atoms with Crippen molar-refractivity contribution in [2.75, 3.05) is 11.9 Å². The maximum atomic E-state index is 13.4. The third-order valence-corrected chi connectivity index (χ3v) is 5.30. The number of aromatic nitrogens is 1. The lowest BCUT2D eigenvalue weighted by molar-refractivity contribution is -0.147. The molecule has 1 saturated heterocycles. The van der Waals surface area contributed by atoms with Gasteiger partial charge in [-0.1, -0.05) is 19.9 Å². The number of carbonyl (C=O) groups excluding carboxylic acids is 1. The Morgan fingerprint density at radius 3 is 2.88 bits per heavy atom. The van der Waals surface area contributed by atoms with E-state index in [-0.39, 0.29) is 23.9 Å². The second kappa shape index (κ2) is 5.24. The number of benzene rings is 1. The smallest absolute Gasteiger partial charge is 0.247 e. The Bertz CT molecular complexity index is 793. The molecule has 0 saturated carbocycles. The first kappa shape index (κ1) is 15.5. The van der Waals surface area contributed by atoms with E-state index in [0.29, 0.717) is 6.61 Å². The minimum Gasteiger partial charge on any atom is -0.373 e. The monoisotopic (exact) mass is 327 g/mol. The molecule has 2 aromatic rings. The SMILES string of the molecule is CC(C)C1Nc2cccc3[nH]cc(c23)CC2COC(C)(C)N2C1=O. The zero-order chi connectivity index (χ0) is 17.1. The number of carbonyl (C=O) groups is 1. The molecule has 1 aromatic carbocycles. The van der Waals surface area contributed by atoms with Gasteiger partial charge in [0, 0.05) is 22.8 Å². The number of hydrogen-bond acceptors (Lipinski definition) is 3. The van der Waals surface area contributed by atoms with Crippen LogP contribution in [0.5, 0.6) is 0 Å². The second-order valence-electron chi connectivity index (χ2n) is 7.73. The molecule has 1 aromatic heterocycles. The summed E-state index contributed by atoms with van der Waals surface area (Å²) < 4.78 is 5.97. The van der Waals surface area contributed by atoms with Crippen LogP contribution in [-0.2, 0) is 16.0 Å². The van der Waals surface area contributed by atoms with Gasteiger partial charge < -0.3 is 19.9 Å². The minimum absolute atomic E-state index is 0.0701. The average molecular weight is 327 g/mol. The Kier molecular flexibility index (Phi) is 3.39. The standard InChI is InChI=1S/C19H25N3O2/c1-11(2)17-18(23)22-13(10-24-19(22,3)4)8-12-9-20-14-6-5-7-15(21-17)16(12)14/h5-7,9,11,13,17,20-21H,8,10H2,1-4H3. The van der Waals surface area contributed by atoms with E-state index in [1.54, 1.807) is 0 Å².